The number of carbonyl (C=O) groups excluding carboxylic acids is 1. The Morgan fingerprint density at radius 3 is 2.67 bits per heavy atom. The van der Waals surface area contributed by atoms with E-state index >= 15 is 0 Å². The fourth-order valence-corrected chi connectivity index (χ4v) is 1.86. The molecule has 0 radical (unpaired) electrons. The molecule has 0 bridgehead atoms. The van der Waals surface area contributed by atoms with Crippen LogP contribution in [0.25, 0.3) is 0 Å². The Bertz CT molecular complexity index is 274. The van der Waals surface area contributed by atoms with Crippen molar-refractivity contribution < 1.29 is 14.3 Å². The van der Waals surface area contributed by atoms with Crippen LogP contribution in [0.2, 0.25) is 0 Å². The maximum atomic E-state index is 12.1. The van der Waals surface area contributed by atoms with Crippen molar-refractivity contribution in [2.24, 2.45) is 0 Å². The van der Waals surface area contributed by atoms with Gasteiger partial charge >= 0.3 is 6.09 Å². The summed E-state index contributed by atoms with van der Waals surface area (Å²) in [5.74, 6) is 0. The van der Waals surface area contributed by atoms with Crippen LogP contribution < -0.4 is 0 Å². The largest absolute Gasteiger partial charge is 0.444 e. The van der Waals surface area contributed by atoms with E-state index in [-0.39, 0.29) is 12.1 Å². The summed E-state index contributed by atoms with van der Waals surface area (Å²) in [6.45, 7) is 8.42. The zero-order valence-electron chi connectivity index (χ0n) is 12.2. The zero-order chi connectivity index (χ0) is 13.8. The first-order valence-electron chi connectivity index (χ1n) is 6.51. The second-order valence-corrected chi connectivity index (χ2v) is 5.99. The molecular formula is C13H26N2O3. The number of amides is 1. The van der Waals surface area contributed by atoms with Gasteiger partial charge < -0.3 is 19.3 Å². The van der Waals surface area contributed by atoms with Crippen molar-refractivity contribution in [2.45, 2.75) is 38.8 Å². The number of ether oxygens (including phenoxy) is 2. The van der Waals surface area contributed by atoms with Crippen LogP contribution in [-0.4, -0.2) is 67.9 Å². The van der Waals surface area contributed by atoms with Crippen LogP contribution in [0.15, 0.2) is 0 Å². The molecule has 1 atom stereocenters. The van der Waals surface area contributed by atoms with Crippen molar-refractivity contribution in [3.05, 3.63) is 0 Å². The third-order valence-electron chi connectivity index (χ3n) is 2.77. The lowest BCUT2D eigenvalue weighted by Crippen LogP contribution is -2.51. The Balaban J connectivity index is 2.55. The first-order valence-corrected chi connectivity index (χ1v) is 6.51. The van der Waals surface area contributed by atoms with Crippen molar-refractivity contribution in [3.63, 3.8) is 0 Å². The van der Waals surface area contributed by atoms with E-state index in [0.717, 1.165) is 13.0 Å². The molecule has 0 aliphatic carbocycles. The van der Waals surface area contributed by atoms with Gasteiger partial charge in [-0.3, -0.25) is 0 Å². The average molecular weight is 258 g/mol. The predicted octanol–water partition coefficient (Wildman–Crippen LogP) is 1.57. The van der Waals surface area contributed by atoms with Gasteiger partial charge in [-0.05, 0) is 47.8 Å². The highest BCUT2D eigenvalue weighted by atomic mass is 16.6. The van der Waals surface area contributed by atoms with Gasteiger partial charge in [0.1, 0.15) is 5.60 Å². The van der Waals surface area contributed by atoms with Crippen LogP contribution in [0, 0.1) is 0 Å². The lowest BCUT2D eigenvalue weighted by Gasteiger charge is -2.37. The molecule has 5 heteroatoms. The number of hydrogen-bond acceptors (Lipinski definition) is 4. The molecule has 106 valence electrons. The summed E-state index contributed by atoms with van der Waals surface area (Å²) in [6.07, 6.45) is 0.682. The number of carbonyl (C=O) groups is 1. The predicted molar refractivity (Wildman–Crippen MR) is 70.7 cm³/mol. The fourth-order valence-electron chi connectivity index (χ4n) is 1.86. The monoisotopic (exact) mass is 258 g/mol. The summed E-state index contributed by atoms with van der Waals surface area (Å²) < 4.78 is 10.9. The molecule has 0 unspecified atom stereocenters. The van der Waals surface area contributed by atoms with Gasteiger partial charge in [-0.1, -0.05) is 0 Å². The quantitative estimate of drug-likeness (QED) is 0.770. The van der Waals surface area contributed by atoms with Gasteiger partial charge in [0, 0.05) is 6.54 Å². The van der Waals surface area contributed by atoms with Crippen molar-refractivity contribution in [3.8, 4) is 0 Å². The molecule has 1 rings (SSSR count). The standard InChI is InChI=1S/C13H26N2O3/c1-13(2,3)18-12(16)15-8-9-17-10-11(15)6-7-14(4)5/h11H,6-10H2,1-5H3/t11-/m0/s1. The summed E-state index contributed by atoms with van der Waals surface area (Å²) in [4.78, 5) is 16.0. The van der Waals surface area contributed by atoms with Crippen molar-refractivity contribution in [1.82, 2.24) is 9.80 Å². The third-order valence-corrected chi connectivity index (χ3v) is 2.77. The van der Waals surface area contributed by atoms with Gasteiger partial charge in [0.25, 0.3) is 0 Å². The molecule has 18 heavy (non-hydrogen) atoms. The highest BCUT2D eigenvalue weighted by Crippen LogP contribution is 2.16. The van der Waals surface area contributed by atoms with E-state index in [4.69, 9.17) is 9.47 Å². The molecule has 0 saturated carbocycles. The minimum absolute atomic E-state index is 0.121. The van der Waals surface area contributed by atoms with Gasteiger partial charge in [0.15, 0.2) is 0 Å². The Labute approximate surface area is 110 Å². The van der Waals surface area contributed by atoms with E-state index in [1.54, 1.807) is 4.90 Å². The summed E-state index contributed by atoms with van der Waals surface area (Å²) in [5.41, 5.74) is -0.443. The molecular weight excluding hydrogens is 232 g/mol. The molecule has 0 aromatic rings. The maximum absolute atomic E-state index is 12.1. The molecule has 0 aromatic carbocycles. The zero-order valence-corrected chi connectivity index (χ0v) is 12.2. The van der Waals surface area contributed by atoms with E-state index in [2.05, 4.69) is 4.90 Å². The fraction of sp³-hybridized carbons (Fsp3) is 0.923. The van der Waals surface area contributed by atoms with Crippen LogP contribution in [0.1, 0.15) is 27.2 Å². The van der Waals surface area contributed by atoms with Gasteiger partial charge in [0.2, 0.25) is 0 Å². The third kappa shape index (κ3) is 5.23. The minimum atomic E-state index is -0.443. The molecule has 1 amide bonds. The van der Waals surface area contributed by atoms with E-state index in [0.29, 0.717) is 19.8 Å². The molecule has 0 N–H and O–H groups in total. The molecule has 1 aliphatic rings. The van der Waals surface area contributed by atoms with Crippen LogP contribution in [0.5, 0.6) is 0 Å². The molecule has 1 fully saturated rings. The lowest BCUT2D eigenvalue weighted by atomic mass is 10.1. The second kappa shape index (κ2) is 6.38. The van der Waals surface area contributed by atoms with Gasteiger partial charge in [-0.2, -0.15) is 0 Å². The topological polar surface area (TPSA) is 42.0 Å². The number of nitrogens with zero attached hydrogens (tertiary/aromatic N) is 2. The minimum Gasteiger partial charge on any atom is -0.444 e. The molecule has 0 aromatic heterocycles. The summed E-state index contributed by atoms with van der Waals surface area (Å²) in [5, 5.41) is 0. The first-order chi connectivity index (χ1) is 8.29. The Morgan fingerprint density at radius 2 is 2.11 bits per heavy atom. The molecule has 1 aliphatic heterocycles. The molecule has 0 spiro atoms. The SMILES string of the molecule is CN(C)CC[C@H]1COCCN1C(=O)OC(C)(C)C. The summed E-state index contributed by atoms with van der Waals surface area (Å²) >= 11 is 0. The maximum Gasteiger partial charge on any atom is 0.410 e. The highest BCUT2D eigenvalue weighted by Gasteiger charge is 2.30. The van der Waals surface area contributed by atoms with Crippen molar-refractivity contribution >= 4 is 6.09 Å². The van der Waals surface area contributed by atoms with Gasteiger partial charge in [-0.15, -0.1) is 0 Å². The van der Waals surface area contributed by atoms with E-state index < -0.39 is 5.60 Å². The van der Waals surface area contributed by atoms with Crippen molar-refractivity contribution in [2.75, 3.05) is 40.4 Å². The Kier molecular flexibility index (Phi) is 5.41. The van der Waals surface area contributed by atoms with Gasteiger partial charge in [-0.25, -0.2) is 4.79 Å². The second-order valence-electron chi connectivity index (χ2n) is 5.99. The highest BCUT2D eigenvalue weighted by molar-refractivity contribution is 5.68. The van der Waals surface area contributed by atoms with Gasteiger partial charge in [0.05, 0.1) is 19.3 Å². The summed E-state index contributed by atoms with van der Waals surface area (Å²) in [6, 6.07) is 0.121. The molecule has 1 saturated heterocycles. The first kappa shape index (κ1) is 15.2. The molecule has 1 heterocycles. The smallest absolute Gasteiger partial charge is 0.410 e. The average Bonchev–Trinajstić information content (AvgIpc) is 2.24. The summed E-state index contributed by atoms with van der Waals surface area (Å²) in [7, 11) is 4.06. The normalized spacial score (nSPS) is 21.2. The van der Waals surface area contributed by atoms with Crippen molar-refractivity contribution in [1.29, 1.82) is 0 Å². The van der Waals surface area contributed by atoms with Crippen LogP contribution in [0.3, 0.4) is 0 Å². The number of morpholine rings is 1. The molecule has 5 nitrogen and oxygen atoms in total. The van der Waals surface area contributed by atoms with Crippen LogP contribution in [-0.2, 0) is 9.47 Å². The Morgan fingerprint density at radius 1 is 1.44 bits per heavy atom. The van der Waals surface area contributed by atoms with E-state index in [1.165, 1.54) is 0 Å². The van der Waals surface area contributed by atoms with Crippen LogP contribution in [0.4, 0.5) is 4.79 Å². The lowest BCUT2D eigenvalue weighted by molar-refractivity contribution is -0.0349. The Hall–Kier alpha value is -0.810. The van der Waals surface area contributed by atoms with E-state index in [9.17, 15) is 4.79 Å². The van der Waals surface area contributed by atoms with Crippen LogP contribution >= 0.6 is 0 Å². The number of hydrogen-bond donors (Lipinski definition) is 0. The van der Waals surface area contributed by atoms with E-state index in [1.807, 2.05) is 34.9 Å². The number of rotatable bonds is 3.